The highest BCUT2D eigenvalue weighted by atomic mass is 16.5. The van der Waals surface area contributed by atoms with Crippen LogP contribution in [-0.2, 0) is 22.6 Å². The average Bonchev–Trinajstić information content (AvgIpc) is 3.07. The summed E-state index contributed by atoms with van der Waals surface area (Å²) in [5.74, 6) is 0. The molecule has 0 spiro atoms. The Morgan fingerprint density at radius 1 is 1.04 bits per heavy atom. The Morgan fingerprint density at radius 3 is 2.59 bits per heavy atom. The minimum absolute atomic E-state index is 0.219. The highest BCUT2D eigenvalue weighted by Gasteiger charge is 2.19. The standard InChI is InChI=1S/C19H19N5O3/c1-26-11-10-23-9-8-15-17(19(23)25)20-21-18-16(13-6-4-3-5-7-13)14(12-27-2)22-24(15)18/h3-9H,10-12H2,1-2H3. The van der Waals surface area contributed by atoms with E-state index in [-0.39, 0.29) is 11.1 Å². The maximum Gasteiger partial charge on any atom is 0.280 e. The van der Waals surface area contributed by atoms with E-state index < -0.39 is 0 Å². The number of aromatic nitrogens is 5. The molecule has 8 heteroatoms. The van der Waals surface area contributed by atoms with Crippen LogP contribution >= 0.6 is 0 Å². The molecule has 0 aliphatic heterocycles. The summed E-state index contributed by atoms with van der Waals surface area (Å²) in [5.41, 5.74) is 3.83. The van der Waals surface area contributed by atoms with Crippen molar-refractivity contribution in [3.8, 4) is 11.1 Å². The summed E-state index contributed by atoms with van der Waals surface area (Å²) in [4.78, 5) is 12.7. The average molecular weight is 365 g/mol. The lowest BCUT2D eigenvalue weighted by Crippen LogP contribution is -2.23. The zero-order valence-electron chi connectivity index (χ0n) is 15.1. The molecule has 0 N–H and O–H groups in total. The fraction of sp³-hybridized carbons (Fsp3) is 0.263. The summed E-state index contributed by atoms with van der Waals surface area (Å²) in [5, 5.41) is 13.2. The lowest BCUT2D eigenvalue weighted by atomic mass is 10.1. The number of methoxy groups -OCH3 is 2. The van der Waals surface area contributed by atoms with Gasteiger partial charge < -0.3 is 14.0 Å². The molecule has 0 atom stereocenters. The van der Waals surface area contributed by atoms with Crippen molar-refractivity contribution >= 4 is 16.7 Å². The van der Waals surface area contributed by atoms with Gasteiger partial charge in [-0.2, -0.15) is 5.10 Å². The molecular weight excluding hydrogens is 346 g/mol. The van der Waals surface area contributed by atoms with Gasteiger partial charge >= 0.3 is 0 Å². The molecule has 1 aromatic carbocycles. The first kappa shape index (κ1) is 17.3. The molecule has 0 radical (unpaired) electrons. The third kappa shape index (κ3) is 2.98. The van der Waals surface area contributed by atoms with Gasteiger partial charge in [-0.3, -0.25) is 4.79 Å². The van der Waals surface area contributed by atoms with E-state index in [2.05, 4.69) is 15.3 Å². The van der Waals surface area contributed by atoms with E-state index in [1.807, 2.05) is 36.4 Å². The Hall–Kier alpha value is -3.10. The fourth-order valence-corrected chi connectivity index (χ4v) is 3.13. The number of pyridine rings is 1. The predicted molar refractivity (Wildman–Crippen MR) is 101 cm³/mol. The van der Waals surface area contributed by atoms with Gasteiger partial charge in [0.25, 0.3) is 5.56 Å². The third-order valence-electron chi connectivity index (χ3n) is 4.40. The molecule has 0 amide bonds. The summed E-state index contributed by atoms with van der Waals surface area (Å²) >= 11 is 0. The van der Waals surface area contributed by atoms with Gasteiger partial charge in [-0.15, -0.1) is 10.2 Å². The first-order valence-electron chi connectivity index (χ1n) is 8.55. The van der Waals surface area contributed by atoms with Crippen molar-refractivity contribution in [2.45, 2.75) is 13.2 Å². The molecule has 3 heterocycles. The van der Waals surface area contributed by atoms with Crippen LogP contribution in [0.3, 0.4) is 0 Å². The van der Waals surface area contributed by atoms with Crippen LogP contribution in [0.5, 0.6) is 0 Å². The van der Waals surface area contributed by atoms with Crippen molar-refractivity contribution in [1.29, 1.82) is 0 Å². The second-order valence-electron chi connectivity index (χ2n) is 6.10. The molecule has 4 rings (SSSR count). The van der Waals surface area contributed by atoms with E-state index >= 15 is 0 Å². The monoisotopic (exact) mass is 365 g/mol. The highest BCUT2D eigenvalue weighted by molar-refractivity contribution is 5.84. The van der Waals surface area contributed by atoms with Crippen molar-refractivity contribution in [3.63, 3.8) is 0 Å². The van der Waals surface area contributed by atoms with Gasteiger partial charge in [0.15, 0.2) is 11.2 Å². The molecule has 4 aromatic rings. The van der Waals surface area contributed by atoms with Crippen LogP contribution in [0.1, 0.15) is 5.69 Å². The van der Waals surface area contributed by atoms with Crippen LogP contribution in [0.2, 0.25) is 0 Å². The van der Waals surface area contributed by atoms with Crippen LogP contribution in [0, 0.1) is 0 Å². The molecule has 27 heavy (non-hydrogen) atoms. The summed E-state index contributed by atoms with van der Waals surface area (Å²) in [6.45, 7) is 1.23. The van der Waals surface area contributed by atoms with E-state index in [0.29, 0.717) is 30.9 Å². The van der Waals surface area contributed by atoms with Gasteiger partial charge in [-0.1, -0.05) is 30.3 Å². The van der Waals surface area contributed by atoms with Gasteiger partial charge in [0.1, 0.15) is 5.52 Å². The van der Waals surface area contributed by atoms with Crippen molar-refractivity contribution in [2.24, 2.45) is 0 Å². The van der Waals surface area contributed by atoms with Crippen LogP contribution in [0.25, 0.3) is 27.8 Å². The number of hydrogen-bond acceptors (Lipinski definition) is 6. The Kier molecular flexibility index (Phi) is 4.66. The maximum absolute atomic E-state index is 12.7. The van der Waals surface area contributed by atoms with Crippen LogP contribution in [0.15, 0.2) is 47.4 Å². The minimum atomic E-state index is -0.219. The van der Waals surface area contributed by atoms with Gasteiger partial charge in [-0.25, -0.2) is 4.52 Å². The lowest BCUT2D eigenvalue weighted by molar-refractivity contribution is 0.181. The SMILES string of the molecule is COCCn1ccc2c(nnc3c(-c4ccccc4)c(COC)nn32)c1=O. The largest absolute Gasteiger partial charge is 0.383 e. The van der Waals surface area contributed by atoms with E-state index in [0.717, 1.165) is 16.8 Å². The summed E-state index contributed by atoms with van der Waals surface area (Å²) in [6, 6.07) is 11.7. The smallest absolute Gasteiger partial charge is 0.280 e. The number of ether oxygens (including phenoxy) is 2. The number of benzene rings is 1. The molecule has 0 saturated carbocycles. The second kappa shape index (κ2) is 7.26. The molecular formula is C19H19N5O3. The van der Waals surface area contributed by atoms with Crippen LogP contribution in [-0.4, -0.2) is 45.2 Å². The number of hydrogen-bond donors (Lipinski definition) is 0. The van der Waals surface area contributed by atoms with Gasteiger partial charge in [-0.05, 0) is 11.6 Å². The molecule has 0 aliphatic rings. The number of fused-ring (bicyclic) bond motifs is 3. The van der Waals surface area contributed by atoms with Gasteiger partial charge in [0.05, 0.1) is 24.5 Å². The Morgan fingerprint density at radius 2 is 1.85 bits per heavy atom. The quantitative estimate of drug-likeness (QED) is 0.519. The molecule has 0 bridgehead atoms. The lowest BCUT2D eigenvalue weighted by Gasteiger charge is -2.06. The van der Waals surface area contributed by atoms with Crippen molar-refractivity contribution < 1.29 is 9.47 Å². The third-order valence-corrected chi connectivity index (χ3v) is 4.40. The fourth-order valence-electron chi connectivity index (χ4n) is 3.13. The predicted octanol–water partition coefficient (Wildman–Crippen LogP) is 1.90. The summed E-state index contributed by atoms with van der Waals surface area (Å²) in [7, 11) is 3.22. The van der Waals surface area contributed by atoms with Crippen LogP contribution < -0.4 is 5.56 Å². The Labute approximate surface area is 155 Å². The second-order valence-corrected chi connectivity index (χ2v) is 6.10. The normalized spacial score (nSPS) is 11.5. The molecule has 8 nitrogen and oxygen atoms in total. The molecule has 3 aromatic heterocycles. The molecule has 0 unspecified atom stereocenters. The zero-order valence-corrected chi connectivity index (χ0v) is 15.1. The van der Waals surface area contributed by atoms with Crippen LogP contribution in [0.4, 0.5) is 0 Å². The molecule has 0 fully saturated rings. The summed E-state index contributed by atoms with van der Waals surface area (Å²) in [6.07, 6.45) is 1.73. The van der Waals surface area contributed by atoms with E-state index in [1.54, 1.807) is 29.5 Å². The molecule has 138 valence electrons. The van der Waals surface area contributed by atoms with Gasteiger partial charge in [0.2, 0.25) is 0 Å². The van der Waals surface area contributed by atoms with Crippen molar-refractivity contribution in [2.75, 3.05) is 20.8 Å². The highest BCUT2D eigenvalue weighted by Crippen LogP contribution is 2.28. The van der Waals surface area contributed by atoms with E-state index in [9.17, 15) is 4.79 Å². The molecule has 0 saturated heterocycles. The topological polar surface area (TPSA) is 83.5 Å². The van der Waals surface area contributed by atoms with E-state index in [4.69, 9.17) is 9.47 Å². The number of rotatable bonds is 6. The Bertz CT molecular complexity index is 1150. The van der Waals surface area contributed by atoms with E-state index in [1.165, 1.54) is 0 Å². The minimum Gasteiger partial charge on any atom is -0.383 e. The van der Waals surface area contributed by atoms with Crippen molar-refractivity contribution in [3.05, 3.63) is 58.6 Å². The van der Waals surface area contributed by atoms with Gasteiger partial charge in [0, 0.05) is 27.0 Å². The zero-order chi connectivity index (χ0) is 18.8. The first-order chi connectivity index (χ1) is 13.2. The number of nitrogens with zero attached hydrogens (tertiary/aromatic N) is 5. The van der Waals surface area contributed by atoms with Crippen molar-refractivity contribution in [1.82, 2.24) is 24.4 Å². The Balaban J connectivity index is 1.98. The summed E-state index contributed by atoms with van der Waals surface area (Å²) < 4.78 is 13.6. The molecule has 0 aliphatic carbocycles. The first-order valence-corrected chi connectivity index (χ1v) is 8.55. The maximum atomic E-state index is 12.7.